The number of nitrogens with zero attached hydrogens (tertiary/aromatic N) is 4. The molecule has 2 aromatic rings. The fourth-order valence-corrected chi connectivity index (χ4v) is 3.91. The second-order valence-corrected chi connectivity index (χ2v) is 7.45. The average Bonchev–Trinajstić information content (AvgIpc) is 3.13. The van der Waals surface area contributed by atoms with Crippen LogP contribution in [0.5, 0.6) is 0 Å². The quantitative estimate of drug-likeness (QED) is 0.809. The largest absolute Gasteiger partial charge is 0.378 e. The fraction of sp³-hybridized carbons (Fsp3) is 0.688. The van der Waals surface area contributed by atoms with Gasteiger partial charge in [0.25, 0.3) is 0 Å². The number of hydrogen-bond donors (Lipinski definition) is 0. The van der Waals surface area contributed by atoms with Crippen LogP contribution in [0.15, 0.2) is 9.90 Å². The lowest BCUT2D eigenvalue weighted by atomic mass is 9.97. The van der Waals surface area contributed by atoms with Gasteiger partial charge in [0.05, 0.1) is 12.3 Å². The number of likely N-dealkylation sites (tertiary alicyclic amines) is 1. The molecular formula is C16H22N4O2S. The smallest absolute Gasteiger partial charge is 0.229 e. The van der Waals surface area contributed by atoms with E-state index in [0.717, 1.165) is 48.5 Å². The first kappa shape index (κ1) is 15.2. The van der Waals surface area contributed by atoms with Crippen LogP contribution in [-0.2, 0) is 17.9 Å². The lowest BCUT2D eigenvalue weighted by molar-refractivity contribution is 0.182. The van der Waals surface area contributed by atoms with E-state index < -0.39 is 0 Å². The van der Waals surface area contributed by atoms with Crippen LogP contribution in [0.3, 0.4) is 0 Å². The van der Waals surface area contributed by atoms with E-state index in [-0.39, 0.29) is 0 Å². The molecule has 2 aliphatic rings. The molecule has 1 saturated heterocycles. The number of piperidine rings is 1. The Kier molecular flexibility index (Phi) is 4.41. The summed E-state index contributed by atoms with van der Waals surface area (Å²) in [4.78, 5) is 11.7. The van der Waals surface area contributed by atoms with Crippen molar-refractivity contribution in [2.75, 3.05) is 20.2 Å². The molecule has 0 unspecified atom stereocenters. The molecule has 0 radical (unpaired) electrons. The summed E-state index contributed by atoms with van der Waals surface area (Å²) < 4.78 is 10.6. The Morgan fingerprint density at radius 1 is 1.30 bits per heavy atom. The summed E-state index contributed by atoms with van der Waals surface area (Å²) in [6, 6.07) is 0. The molecule has 124 valence electrons. The fourth-order valence-electron chi connectivity index (χ4n) is 3.16. The van der Waals surface area contributed by atoms with Gasteiger partial charge in [-0.1, -0.05) is 5.16 Å². The van der Waals surface area contributed by atoms with Crippen molar-refractivity contribution >= 4 is 11.3 Å². The molecule has 1 aliphatic heterocycles. The van der Waals surface area contributed by atoms with E-state index in [0.29, 0.717) is 18.4 Å². The maximum Gasteiger partial charge on any atom is 0.229 e. The third-order valence-corrected chi connectivity index (χ3v) is 5.38. The van der Waals surface area contributed by atoms with Gasteiger partial charge in [0.1, 0.15) is 5.01 Å². The first-order valence-corrected chi connectivity index (χ1v) is 9.18. The van der Waals surface area contributed by atoms with E-state index in [9.17, 15) is 0 Å². The number of thiazole rings is 1. The Hall–Kier alpha value is -1.31. The van der Waals surface area contributed by atoms with Crippen LogP contribution in [0.4, 0.5) is 0 Å². The van der Waals surface area contributed by atoms with Gasteiger partial charge in [-0.2, -0.15) is 4.98 Å². The Morgan fingerprint density at radius 2 is 2.22 bits per heavy atom. The van der Waals surface area contributed by atoms with E-state index in [1.165, 1.54) is 19.3 Å². The predicted octanol–water partition coefficient (Wildman–Crippen LogP) is 2.93. The Bertz CT molecular complexity index is 652. The molecule has 3 heterocycles. The number of methoxy groups -OCH3 is 1. The van der Waals surface area contributed by atoms with Gasteiger partial charge in [0.15, 0.2) is 5.82 Å². The minimum Gasteiger partial charge on any atom is -0.378 e. The van der Waals surface area contributed by atoms with Crippen LogP contribution < -0.4 is 0 Å². The minimum absolute atomic E-state index is 0.386. The Morgan fingerprint density at radius 3 is 3.04 bits per heavy atom. The first-order valence-electron chi connectivity index (χ1n) is 8.30. The summed E-state index contributed by atoms with van der Waals surface area (Å²) in [6.07, 6.45) is 4.72. The van der Waals surface area contributed by atoms with Gasteiger partial charge in [-0.3, -0.25) is 4.90 Å². The van der Waals surface area contributed by atoms with Crippen LogP contribution in [-0.4, -0.2) is 40.2 Å². The summed E-state index contributed by atoms with van der Waals surface area (Å²) in [5, 5.41) is 7.41. The monoisotopic (exact) mass is 334 g/mol. The third kappa shape index (κ3) is 3.62. The number of ether oxygens (including phenoxy) is 1. The zero-order chi connectivity index (χ0) is 15.6. The van der Waals surface area contributed by atoms with Crippen LogP contribution in [0.25, 0.3) is 0 Å². The highest BCUT2D eigenvalue weighted by Gasteiger charge is 2.32. The molecule has 1 aliphatic carbocycles. The maximum absolute atomic E-state index is 5.42. The van der Waals surface area contributed by atoms with Crippen LogP contribution in [0, 0.1) is 0 Å². The molecular weight excluding hydrogens is 312 g/mol. The van der Waals surface area contributed by atoms with Crippen molar-refractivity contribution in [2.45, 2.75) is 50.7 Å². The van der Waals surface area contributed by atoms with Crippen LogP contribution >= 0.6 is 11.3 Å². The predicted molar refractivity (Wildman–Crippen MR) is 86.4 cm³/mol. The molecule has 2 fully saturated rings. The molecule has 1 atom stereocenters. The maximum atomic E-state index is 5.42. The van der Waals surface area contributed by atoms with Crippen LogP contribution in [0.2, 0.25) is 0 Å². The summed E-state index contributed by atoms with van der Waals surface area (Å²) >= 11 is 1.67. The average molecular weight is 334 g/mol. The standard InChI is InChI=1S/C16H22N4O2S/c1-21-9-14-17-13(10-23-14)8-20-6-2-3-12(7-20)15-18-16(22-19-15)11-4-5-11/h10-12H,2-9H2,1H3/t12-/m0/s1. The molecule has 6 nitrogen and oxygen atoms in total. The zero-order valence-corrected chi connectivity index (χ0v) is 14.2. The third-order valence-electron chi connectivity index (χ3n) is 4.51. The van der Waals surface area contributed by atoms with E-state index >= 15 is 0 Å². The van der Waals surface area contributed by atoms with Gasteiger partial charge in [-0.25, -0.2) is 4.98 Å². The van der Waals surface area contributed by atoms with Gasteiger partial charge in [-0.05, 0) is 32.2 Å². The lowest BCUT2D eigenvalue weighted by Gasteiger charge is -2.30. The molecule has 0 aromatic carbocycles. The van der Waals surface area contributed by atoms with Gasteiger partial charge < -0.3 is 9.26 Å². The van der Waals surface area contributed by atoms with Crippen molar-refractivity contribution in [2.24, 2.45) is 0 Å². The van der Waals surface area contributed by atoms with E-state index in [4.69, 9.17) is 9.26 Å². The first-order chi connectivity index (χ1) is 11.3. The molecule has 2 aromatic heterocycles. The molecule has 0 spiro atoms. The lowest BCUT2D eigenvalue weighted by Crippen LogP contribution is -2.34. The Balaban J connectivity index is 1.37. The van der Waals surface area contributed by atoms with Crippen molar-refractivity contribution in [1.29, 1.82) is 0 Å². The second-order valence-electron chi connectivity index (χ2n) is 6.50. The van der Waals surface area contributed by atoms with E-state index in [1.807, 2.05) is 0 Å². The van der Waals surface area contributed by atoms with Crippen molar-refractivity contribution in [1.82, 2.24) is 20.0 Å². The normalized spacial score (nSPS) is 22.6. The van der Waals surface area contributed by atoms with E-state index in [2.05, 4.69) is 25.4 Å². The molecule has 0 amide bonds. The summed E-state index contributed by atoms with van der Waals surface area (Å²) in [6.45, 7) is 3.59. The summed E-state index contributed by atoms with van der Waals surface area (Å²) in [5.41, 5.74) is 1.13. The Labute approximate surface area is 139 Å². The van der Waals surface area contributed by atoms with Crippen molar-refractivity contribution < 1.29 is 9.26 Å². The highest BCUT2D eigenvalue weighted by Crippen LogP contribution is 2.39. The molecule has 4 rings (SSSR count). The van der Waals surface area contributed by atoms with Gasteiger partial charge >= 0.3 is 0 Å². The van der Waals surface area contributed by atoms with Crippen molar-refractivity contribution in [3.63, 3.8) is 0 Å². The summed E-state index contributed by atoms with van der Waals surface area (Å²) in [7, 11) is 1.71. The van der Waals surface area contributed by atoms with Gasteiger partial charge in [-0.15, -0.1) is 11.3 Å². The number of aromatic nitrogens is 3. The number of rotatable bonds is 6. The zero-order valence-electron chi connectivity index (χ0n) is 13.4. The second kappa shape index (κ2) is 6.67. The topological polar surface area (TPSA) is 64.3 Å². The molecule has 23 heavy (non-hydrogen) atoms. The molecule has 7 heteroatoms. The highest BCUT2D eigenvalue weighted by atomic mass is 32.1. The molecule has 0 N–H and O–H groups in total. The van der Waals surface area contributed by atoms with Gasteiger partial charge in [0, 0.05) is 37.4 Å². The highest BCUT2D eigenvalue weighted by molar-refractivity contribution is 7.09. The molecule has 0 bridgehead atoms. The van der Waals surface area contributed by atoms with E-state index in [1.54, 1.807) is 18.4 Å². The van der Waals surface area contributed by atoms with Crippen molar-refractivity contribution in [3.8, 4) is 0 Å². The molecule has 1 saturated carbocycles. The van der Waals surface area contributed by atoms with Crippen LogP contribution in [0.1, 0.15) is 59.9 Å². The minimum atomic E-state index is 0.386. The number of hydrogen-bond acceptors (Lipinski definition) is 7. The van der Waals surface area contributed by atoms with Gasteiger partial charge in [0.2, 0.25) is 5.89 Å². The SMILES string of the molecule is COCc1nc(CN2CCC[C@H](c3noc(C4CC4)n3)C2)cs1. The van der Waals surface area contributed by atoms with Crippen molar-refractivity contribution in [3.05, 3.63) is 27.8 Å². The summed E-state index contributed by atoms with van der Waals surface area (Å²) in [5.74, 6) is 2.66.